The number of amides is 1. The van der Waals surface area contributed by atoms with Crippen molar-refractivity contribution >= 4 is 33.2 Å². The fourth-order valence-electron chi connectivity index (χ4n) is 2.93. The van der Waals surface area contributed by atoms with Crippen LogP contribution in [0.5, 0.6) is 0 Å². The second kappa shape index (κ2) is 7.15. The van der Waals surface area contributed by atoms with Crippen LogP contribution in [0.4, 0.5) is 5.69 Å². The van der Waals surface area contributed by atoms with Gasteiger partial charge in [0.1, 0.15) is 6.04 Å². The molecule has 1 unspecified atom stereocenters. The SMILES string of the molecule is Cc1ccc(S(=O)(=O)N2CCCC2C(=O)Nc2cccc(Cl)c2)cc1. The maximum Gasteiger partial charge on any atom is 0.243 e. The maximum absolute atomic E-state index is 12.9. The first kappa shape index (κ1) is 17.9. The van der Waals surface area contributed by atoms with Gasteiger partial charge in [-0.2, -0.15) is 4.31 Å². The average Bonchev–Trinajstić information content (AvgIpc) is 3.06. The number of hydrogen-bond acceptors (Lipinski definition) is 3. The molecule has 1 atom stereocenters. The van der Waals surface area contributed by atoms with E-state index in [1.165, 1.54) is 4.31 Å². The monoisotopic (exact) mass is 378 g/mol. The van der Waals surface area contributed by atoms with Crippen molar-refractivity contribution in [3.8, 4) is 0 Å². The zero-order chi connectivity index (χ0) is 18.0. The van der Waals surface area contributed by atoms with Gasteiger partial charge in [-0.15, -0.1) is 0 Å². The van der Waals surface area contributed by atoms with Gasteiger partial charge in [-0.05, 0) is 50.1 Å². The summed E-state index contributed by atoms with van der Waals surface area (Å²) in [4.78, 5) is 12.8. The molecule has 0 saturated carbocycles. The average molecular weight is 379 g/mol. The van der Waals surface area contributed by atoms with E-state index in [1.54, 1.807) is 48.5 Å². The first-order valence-corrected chi connectivity index (χ1v) is 9.85. The molecular weight excluding hydrogens is 360 g/mol. The minimum Gasteiger partial charge on any atom is -0.325 e. The fraction of sp³-hybridized carbons (Fsp3) is 0.278. The standard InChI is InChI=1S/C18H19ClN2O3S/c1-13-7-9-16(10-8-13)25(23,24)21-11-3-6-17(21)18(22)20-15-5-2-4-14(19)12-15/h2,4-5,7-10,12,17H,3,6,11H2,1H3,(H,20,22). The van der Waals surface area contributed by atoms with Gasteiger partial charge in [-0.1, -0.05) is 35.4 Å². The zero-order valence-electron chi connectivity index (χ0n) is 13.8. The number of benzene rings is 2. The lowest BCUT2D eigenvalue weighted by Crippen LogP contribution is -2.43. The van der Waals surface area contributed by atoms with Crippen molar-refractivity contribution in [2.75, 3.05) is 11.9 Å². The Bertz CT molecular complexity index is 881. The predicted molar refractivity (Wildman–Crippen MR) is 98.2 cm³/mol. The summed E-state index contributed by atoms with van der Waals surface area (Å²) >= 11 is 5.92. The smallest absolute Gasteiger partial charge is 0.243 e. The fourth-order valence-corrected chi connectivity index (χ4v) is 4.77. The van der Waals surface area contributed by atoms with Crippen LogP contribution in [0.15, 0.2) is 53.4 Å². The van der Waals surface area contributed by atoms with Gasteiger partial charge >= 0.3 is 0 Å². The Morgan fingerprint density at radius 3 is 2.60 bits per heavy atom. The highest BCUT2D eigenvalue weighted by Crippen LogP contribution is 2.27. The number of carbonyl (C=O) groups excluding carboxylic acids is 1. The van der Waals surface area contributed by atoms with Gasteiger partial charge in [0.15, 0.2) is 0 Å². The first-order chi connectivity index (χ1) is 11.9. The lowest BCUT2D eigenvalue weighted by atomic mass is 10.2. The van der Waals surface area contributed by atoms with E-state index in [-0.39, 0.29) is 10.8 Å². The van der Waals surface area contributed by atoms with Gasteiger partial charge in [-0.3, -0.25) is 4.79 Å². The van der Waals surface area contributed by atoms with Crippen molar-refractivity contribution in [2.45, 2.75) is 30.7 Å². The summed E-state index contributed by atoms with van der Waals surface area (Å²) < 4.78 is 27.1. The quantitative estimate of drug-likeness (QED) is 0.886. The molecule has 7 heteroatoms. The van der Waals surface area contributed by atoms with Crippen molar-refractivity contribution < 1.29 is 13.2 Å². The number of nitrogens with zero attached hydrogens (tertiary/aromatic N) is 1. The van der Waals surface area contributed by atoms with E-state index in [2.05, 4.69) is 5.32 Å². The van der Waals surface area contributed by atoms with Crippen molar-refractivity contribution in [3.05, 3.63) is 59.1 Å². The molecule has 0 radical (unpaired) electrons. The molecule has 1 N–H and O–H groups in total. The summed E-state index contributed by atoms with van der Waals surface area (Å²) in [5.74, 6) is -0.338. The van der Waals surface area contributed by atoms with Crippen LogP contribution in [0.25, 0.3) is 0 Å². The van der Waals surface area contributed by atoms with Gasteiger partial charge in [0.05, 0.1) is 4.90 Å². The molecule has 0 spiro atoms. The first-order valence-electron chi connectivity index (χ1n) is 8.03. The lowest BCUT2D eigenvalue weighted by molar-refractivity contribution is -0.119. The molecule has 132 valence electrons. The van der Waals surface area contributed by atoms with Crippen molar-refractivity contribution in [2.24, 2.45) is 0 Å². The number of rotatable bonds is 4. The van der Waals surface area contributed by atoms with E-state index in [0.717, 1.165) is 5.56 Å². The van der Waals surface area contributed by atoms with Crippen LogP contribution >= 0.6 is 11.6 Å². The molecule has 1 aliphatic heterocycles. The molecule has 0 bridgehead atoms. The molecule has 2 aromatic rings. The third kappa shape index (κ3) is 3.86. The van der Waals surface area contributed by atoms with Crippen LogP contribution in [-0.2, 0) is 14.8 Å². The Balaban J connectivity index is 1.82. The van der Waals surface area contributed by atoms with E-state index in [4.69, 9.17) is 11.6 Å². The Kier molecular flexibility index (Phi) is 5.13. The molecule has 1 aliphatic rings. The third-order valence-electron chi connectivity index (χ3n) is 4.23. The lowest BCUT2D eigenvalue weighted by Gasteiger charge is -2.23. The normalized spacial score (nSPS) is 18.2. The van der Waals surface area contributed by atoms with Crippen molar-refractivity contribution in [1.29, 1.82) is 0 Å². The summed E-state index contributed by atoms with van der Waals surface area (Å²) in [5.41, 5.74) is 1.53. The van der Waals surface area contributed by atoms with E-state index in [1.807, 2.05) is 6.92 Å². The van der Waals surface area contributed by atoms with Gasteiger partial charge in [-0.25, -0.2) is 8.42 Å². The van der Waals surface area contributed by atoms with Crippen molar-refractivity contribution in [3.63, 3.8) is 0 Å². The summed E-state index contributed by atoms with van der Waals surface area (Å²) in [5, 5.41) is 3.27. The molecule has 1 fully saturated rings. The topological polar surface area (TPSA) is 66.5 Å². The van der Waals surface area contributed by atoms with Crippen LogP contribution in [0.2, 0.25) is 5.02 Å². The number of carbonyl (C=O) groups is 1. The van der Waals surface area contributed by atoms with Gasteiger partial charge in [0.2, 0.25) is 15.9 Å². The summed E-state index contributed by atoms with van der Waals surface area (Å²) in [6, 6.07) is 12.7. The summed E-state index contributed by atoms with van der Waals surface area (Å²) in [6.07, 6.45) is 1.15. The van der Waals surface area contributed by atoms with Crippen molar-refractivity contribution in [1.82, 2.24) is 4.31 Å². The molecule has 1 saturated heterocycles. The molecule has 25 heavy (non-hydrogen) atoms. The molecule has 0 aromatic heterocycles. The molecular formula is C18H19ClN2O3S. The second-order valence-corrected chi connectivity index (χ2v) is 8.41. The highest BCUT2D eigenvalue weighted by molar-refractivity contribution is 7.89. The summed E-state index contributed by atoms with van der Waals surface area (Å²) in [7, 11) is -3.70. The maximum atomic E-state index is 12.9. The van der Waals surface area contributed by atoms with Crippen LogP contribution in [0.1, 0.15) is 18.4 Å². The minimum absolute atomic E-state index is 0.209. The van der Waals surface area contributed by atoms with Gasteiger partial charge in [0, 0.05) is 17.3 Å². The summed E-state index contributed by atoms with van der Waals surface area (Å²) in [6.45, 7) is 2.23. The molecule has 1 amide bonds. The Morgan fingerprint density at radius 2 is 1.92 bits per heavy atom. The van der Waals surface area contributed by atoms with Crippen LogP contribution in [0, 0.1) is 6.92 Å². The number of sulfonamides is 1. The predicted octanol–water partition coefficient (Wildman–Crippen LogP) is 3.44. The molecule has 2 aromatic carbocycles. The number of hydrogen-bond donors (Lipinski definition) is 1. The molecule has 5 nitrogen and oxygen atoms in total. The van der Waals surface area contributed by atoms with Gasteiger partial charge in [0.25, 0.3) is 0 Å². The number of halogens is 1. The highest BCUT2D eigenvalue weighted by Gasteiger charge is 2.39. The highest BCUT2D eigenvalue weighted by atomic mass is 35.5. The van der Waals surface area contributed by atoms with E-state index in [0.29, 0.717) is 30.1 Å². The van der Waals surface area contributed by atoms with E-state index < -0.39 is 16.1 Å². The van der Waals surface area contributed by atoms with Crippen LogP contribution in [-0.4, -0.2) is 31.2 Å². The van der Waals surface area contributed by atoms with Crippen LogP contribution in [0.3, 0.4) is 0 Å². The Hall–Kier alpha value is -1.89. The number of anilines is 1. The third-order valence-corrected chi connectivity index (χ3v) is 6.38. The zero-order valence-corrected chi connectivity index (χ0v) is 15.3. The Morgan fingerprint density at radius 1 is 1.20 bits per heavy atom. The van der Waals surface area contributed by atoms with E-state index >= 15 is 0 Å². The van der Waals surface area contributed by atoms with Crippen LogP contribution < -0.4 is 5.32 Å². The second-order valence-electron chi connectivity index (χ2n) is 6.09. The molecule has 0 aliphatic carbocycles. The number of aryl methyl sites for hydroxylation is 1. The Labute approximate surface area is 152 Å². The number of nitrogens with one attached hydrogen (secondary N) is 1. The minimum atomic E-state index is -3.70. The molecule has 3 rings (SSSR count). The largest absolute Gasteiger partial charge is 0.325 e. The van der Waals surface area contributed by atoms with Gasteiger partial charge < -0.3 is 5.32 Å². The van der Waals surface area contributed by atoms with E-state index in [9.17, 15) is 13.2 Å². The molecule has 1 heterocycles.